The number of rotatable bonds is 6. The summed E-state index contributed by atoms with van der Waals surface area (Å²) in [5, 5.41) is 4.01. The topological polar surface area (TPSA) is 106 Å². The van der Waals surface area contributed by atoms with Crippen LogP contribution in [0.5, 0.6) is 0 Å². The molecule has 178 valence electrons. The average Bonchev–Trinajstić information content (AvgIpc) is 3.47. The second-order valence-corrected chi connectivity index (χ2v) is 10.4. The van der Waals surface area contributed by atoms with E-state index in [4.69, 9.17) is 9.26 Å². The van der Waals surface area contributed by atoms with E-state index in [9.17, 15) is 13.2 Å². The minimum atomic E-state index is -3.56. The molecule has 0 aliphatic carbocycles. The molecule has 0 spiro atoms. The van der Waals surface area contributed by atoms with Crippen LogP contribution in [0.3, 0.4) is 0 Å². The Bertz CT molecular complexity index is 1280. The molecule has 1 fully saturated rings. The van der Waals surface area contributed by atoms with Gasteiger partial charge in [-0.15, -0.1) is 0 Å². The van der Waals surface area contributed by atoms with Crippen molar-refractivity contribution in [2.24, 2.45) is 0 Å². The Hall–Kier alpha value is -3.08. The molecule has 2 aromatic carbocycles. The molecule has 34 heavy (non-hydrogen) atoms. The van der Waals surface area contributed by atoms with Crippen molar-refractivity contribution in [3.63, 3.8) is 0 Å². The SMILES string of the molecule is C[C@H]1Cc2ccccc2N1C(=O)CCc1nc(-c2ccc(S(=O)(=O)N3CCOCC3)cc2)no1. The number of nitrogens with zero attached hydrogens (tertiary/aromatic N) is 4. The van der Waals surface area contributed by atoms with Crippen LogP contribution in [0.25, 0.3) is 11.4 Å². The number of hydrogen-bond donors (Lipinski definition) is 0. The molecule has 1 saturated heterocycles. The van der Waals surface area contributed by atoms with Gasteiger partial charge in [-0.25, -0.2) is 8.42 Å². The van der Waals surface area contributed by atoms with Crippen molar-refractivity contribution in [2.75, 3.05) is 31.2 Å². The first-order valence-electron chi connectivity index (χ1n) is 11.3. The molecule has 1 amide bonds. The second kappa shape index (κ2) is 9.28. The molecule has 2 aliphatic heterocycles. The number of ether oxygens (including phenoxy) is 1. The molecule has 0 saturated carbocycles. The van der Waals surface area contributed by atoms with Crippen LogP contribution in [0, 0.1) is 0 Å². The third-order valence-electron chi connectivity index (χ3n) is 6.22. The van der Waals surface area contributed by atoms with Crippen molar-refractivity contribution >= 4 is 21.6 Å². The lowest BCUT2D eigenvalue weighted by Crippen LogP contribution is -2.40. The number of carbonyl (C=O) groups is 1. The number of amides is 1. The predicted octanol–water partition coefficient (Wildman–Crippen LogP) is 2.67. The molecule has 0 N–H and O–H groups in total. The number of benzene rings is 2. The van der Waals surface area contributed by atoms with Gasteiger partial charge in [-0.2, -0.15) is 9.29 Å². The number of para-hydroxylation sites is 1. The summed E-state index contributed by atoms with van der Waals surface area (Å²) in [7, 11) is -3.56. The number of fused-ring (bicyclic) bond motifs is 1. The molecule has 0 unspecified atom stereocenters. The quantitative estimate of drug-likeness (QED) is 0.532. The first kappa shape index (κ1) is 22.7. The lowest BCUT2D eigenvalue weighted by atomic mass is 10.1. The minimum absolute atomic E-state index is 0.0230. The Morgan fingerprint density at radius 3 is 2.59 bits per heavy atom. The zero-order valence-corrected chi connectivity index (χ0v) is 19.7. The molecule has 3 heterocycles. The van der Waals surface area contributed by atoms with Gasteiger partial charge < -0.3 is 14.2 Å². The van der Waals surface area contributed by atoms with E-state index in [1.165, 1.54) is 9.87 Å². The highest BCUT2D eigenvalue weighted by atomic mass is 32.2. The first-order chi connectivity index (χ1) is 16.4. The standard InChI is InChI=1S/C24H26N4O5S/c1-17-16-19-4-2-3-5-21(19)28(17)23(29)11-10-22-25-24(26-33-22)18-6-8-20(9-7-18)34(30,31)27-12-14-32-15-13-27/h2-9,17H,10-16H2,1H3/t17-/m0/s1. The molecule has 1 atom stereocenters. The fourth-order valence-corrected chi connectivity index (χ4v) is 5.87. The van der Waals surface area contributed by atoms with Gasteiger partial charge in [0.2, 0.25) is 27.6 Å². The van der Waals surface area contributed by atoms with Crippen LogP contribution in [-0.2, 0) is 32.4 Å². The van der Waals surface area contributed by atoms with E-state index in [2.05, 4.69) is 16.2 Å². The average molecular weight is 483 g/mol. The lowest BCUT2D eigenvalue weighted by molar-refractivity contribution is -0.118. The highest BCUT2D eigenvalue weighted by Gasteiger charge is 2.30. The van der Waals surface area contributed by atoms with Gasteiger partial charge in [0.15, 0.2) is 0 Å². The van der Waals surface area contributed by atoms with E-state index in [-0.39, 0.29) is 23.3 Å². The smallest absolute Gasteiger partial charge is 0.243 e. The number of hydrogen-bond acceptors (Lipinski definition) is 7. The summed E-state index contributed by atoms with van der Waals surface area (Å²) in [5.41, 5.74) is 2.80. The summed E-state index contributed by atoms with van der Waals surface area (Å²) in [6.45, 7) is 3.53. The molecule has 1 aromatic heterocycles. The van der Waals surface area contributed by atoms with Gasteiger partial charge in [0.25, 0.3) is 0 Å². The normalized spacial score (nSPS) is 18.7. The molecule has 9 nitrogen and oxygen atoms in total. The van der Waals surface area contributed by atoms with Gasteiger partial charge >= 0.3 is 0 Å². The van der Waals surface area contributed by atoms with Gasteiger partial charge in [-0.3, -0.25) is 4.79 Å². The maximum atomic E-state index is 12.9. The van der Waals surface area contributed by atoms with Crippen LogP contribution in [0.2, 0.25) is 0 Å². The summed E-state index contributed by atoms with van der Waals surface area (Å²) < 4.78 is 37.6. The van der Waals surface area contributed by atoms with Crippen LogP contribution in [0.1, 0.15) is 24.8 Å². The minimum Gasteiger partial charge on any atom is -0.379 e. The fourth-order valence-electron chi connectivity index (χ4n) is 4.47. The van der Waals surface area contributed by atoms with Crippen molar-refractivity contribution in [1.29, 1.82) is 0 Å². The van der Waals surface area contributed by atoms with E-state index >= 15 is 0 Å². The van der Waals surface area contributed by atoms with Crippen LogP contribution < -0.4 is 4.90 Å². The summed E-state index contributed by atoms with van der Waals surface area (Å²) >= 11 is 0. The zero-order valence-electron chi connectivity index (χ0n) is 18.9. The van der Waals surface area contributed by atoms with Crippen molar-refractivity contribution < 1.29 is 22.5 Å². The highest BCUT2D eigenvalue weighted by molar-refractivity contribution is 7.89. The van der Waals surface area contributed by atoms with Crippen LogP contribution >= 0.6 is 0 Å². The largest absolute Gasteiger partial charge is 0.379 e. The number of aryl methyl sites for hydroxylation is 1. The molecule has 3 aromatic rings. The van der Waals surface area contributed by atoms with E-state index in [0.29, 0.717) is 50.0 Å². The number of sulfonamides is 1. The third-order valence-corrected chi connectivity index (χ3v) is 8.13. The molecule has 10 heteroatoms. The van der Waals surface area contributed by atoms with E-state index in [0.717, 1.165) is 12.1 Å². The van der Waals surface area contributed by atoms with Crippen LogP contribution in [-0.4, -0.2) is 61.1 Å². The van der Waals surface area contributed by atoms with Gasteiger partial charge in [0.05, 0.1) is 18.1 Å². The Kier molecular flexibility index (Phi) is 6.20. The summed E-state index contributed by atoms with van der Waals surface area (Å²) in [5.74, 6) is 0.751. The summed E-state index contributed by atoms with van der Waals surface area (Å²) in [6, 6.07) is 14.5. The van der Waals surface area contributed by atoms with Gasteiger partial charge in [-0.05, 0) is 49.2 Å². The first-order valence-corrected chi connectivity index (χ1v) is 12.8. The molecule has 5 rings (SSSR count). The molecular formula is C24H26N4O5S. The van der Waals surface area contributed by atoms with Gasteiger partial charge in [0.1, 0.15) is 0 Å². The number of anilines is 1. The van der Waals surface area contributed by atoms with Crippen molar-refractivity contribution in [2.45, 2.75) is 37.1 Å². The number of morpholine rings is 1. The van der Waals surface area contributed by atoms with Crippen molar-refractivity contribution in [3.05, 3.63) is 60.0 Å². The van der Waals surface area contributed by atoms with Crippen LogP contribution in [0.4, 0.5) is 5.69 Å². The maximum Gasteiger partial charge on any atom is 0.243 e. The third kappa shape index (κ3) is 4.36. The molecule has 0 radical (unpaired) electrons. The van der Waals surface area contributed by atoms with Gasteiger partial charge in [-0.1, -0.05) is 23.4 Å². The monoisotopic (exact) mass is 482 g/mol. The lowest BCUT2D eigenvalue weighted by Gasteiger charge is -2.26. The fraction of sp³-hybridized carbons (Fsp3) is 0.375. The summed E-state index contributed by atoms with van der Waals surface area (Å²) in [4.78, 5) is 19.4. The van der Waals surface area contributed by atoms with Gasteiger partial charge in [0, 0.05) is 43.2 Å². The van der Waals surface area contributed by atoms with E-state index in [1.54, 1.807) is 24.3 Å². The Labute approximate surface area is 198 Å². The Balaban J connectivity index is 1.23. The van der Waals surface area contributed by atoms with E-state index < -0.39 is 10.0 Å². The highest BCUT2D eigenvalue weighted by Crippen LogP contribution is 2.32. The second-order valence-electron chi connectivity index (χ2n) is 8.50. The molecule has 0 bridgehead atoms. The van der Waals surface area contributed by atoms with Crippen molar-refractivity contribution in [3.8, 4) is 11.4 Å². The summed E-state index contributed by atoms with van der Waals surface area (Å²) in [6.07, 6.45) is 1.45. The van der Waals surface area contributed by atoms with Crippen LogP contribution in [0.15, 0.2) is 57.9 Å². The van der Waals surface area contributed by atoms with E-state index in [1.807, 2.05) is 30.0 Å². The predicted molar refractivity (Wildman–Crippen MR) is 125 cm³/mol. The number of aromatic nitrogens is 2. The zero-order chi connectivity index (χ0) is 23.7. The maximum absolute atomic E-state index is 12.9. The number of carbonyl (C=O) groups excluding carboxylic acids is 1. The van der Waals surface area contributed by atoms with Crippen molar-refractivity contribution in [1.82, 2.24) is 14.4 Å². The Morgan fingerprint density at radius 1 is 1.09 bits per heavy atom. The Morgan fingerprint density at radius 2 is 1.82 bits per heavy atom. The molecule has 2 aliphatic rings. The molecular weight excluding hydrogens is 456 g/mol.